The first-order valence-electron chi connectivity index (χ1n) is 6.20. The first-order chi connectivity index (χ1) is 8.75. The molecule has 0 unspecified atom stereocenters. The summed E-state index contributed by atoms with van der Waals surface area (Å²) in [6.45, 7) is 2.88. The monoisotopic (exact) mass is 260 g/mol. The molecule has 0 spiro atoms. The van der Waals surface area contributed by atoms with Gasteiger partial charge in [-0.15, -0.1) is 11.3 Å². The average Bonchev–Trinajstić information content (AvgIpc) is 2.84. The minimum Gasteiger partial charge on any atom is -0.308 e. The lowest BCUT2D eigenvalue weighted by Gasteiger charge is -2.14. The second kappa shape index (κ2) is 6.69. The summed E-state index contributed by atoms with van der Waals surface area (Å²) in [5.41, 5.74) is 2.80. The maximum absolute atomic E-state index is 3.51. The second-order valence-electron chi connectivity index (χ2n) is 4.69. The average molecular weight is 260 g/mol. The fraction of sp³-hybridized carbons (Fsp3) is 0.333. The van der Waals surface area contributed by atoms with E-state index < -0.39 is 0 Å². The third kappa shape index (κ3) is 3.95. The van der Waals surface area contributed by atoms with Crippen molar-refractivity contribution in [3.05, 3.63) is 57.8 Å². The minimum atomic E-state index is 0.932. The van der Waals surface area contributed by atoms with Gasteiger partial charge in [-0.05, 0) is 36.7 Å². The predicted octanol–water partition coefficient (Wildman–Crippen LogP) is 3.10. The molecule has 0 aliphatic carbocycles. The molecule has 2 rings (SSSR count). The summed E-state index contributed by atoms with van der Waals surface area (Å²) in [4.78, 5) is 3.60. The van der Waals surface area contributed by atoms with Gasteiger partial charge >= 0.3 is 0 Å². The Balaban J connectivity index is 1.92. The Morgan fingerprint density at radius 3 is 2.44 bits per heavy atom. The summed E-state index contributed by atoms with van der Waals surface area (Å²) >= 11 is 1.80. The Labute approximate surface area is 113 Å². The Bertz CT molecular complexity index is 463. The van der Waals surface area contributed by atoms with E-state index in [1.54, 1.807) is 11.3 Å². The highest BCUT2D eigenvalue weighted by molar-refractivity contribution is 7.09. The van der Waals surface area contributed by atoms with Crippen molar-refractivity contribution in [3.8, 4) is 0 Å². The number of thiophene rings is 1. The minimum absolute atomic E-state index is 0.932. The van der Waals surface area contributed by atoms with Crippen LogP contribution in [-0.2, 0) is 19.6 Å². The topological polar surface area (TPSA) is 15.3 Å². The van der Waals surface area contributed by atoms with Crippen LogP contribution in [0.4, 0.5) is 0 Å². The second-order valence-corrected chi connectivity index (χ2v) is 5.72. The van der Waals surface area contributed by atoms with Crippen LogP contribution in [0, 0.1) is 0 Å². The van der Waals surface area contributed by atoms with Gasteiger partial charge in [0.05, 0.1) is 0 Å². The first kappa shape index (κ1) is 13.3. The van der Waals surface area contributed by atoms with Crippen molar-refractivity contribution in [2.75, 3.05) is 14.1 Å². The number of nitrogens with zero attached hydrogens (tertiary/aromatic N) is 1. The van der Waals surface area contributed by atoms with Gasteiger partial charge in [0, 0.05) is 24.5 Å². The van der Waals surface area contributed by atoms with Gasteiger partial charge in [-0.3, -0.25) is 0 Å². The van der Waals surface area contributed by atoms with Crippen molar-refractivity contribution in [1.29, 1.82) is 0 Å². The summed E-state index contributed by atoms with van der Waals surface area (Å²) in [6.07, 6.45) is 0. The zero-order chi connectivity index (χ0) is 12.8. The first-order valence-corrected chi connectivity index (χ1v) is 7.08. The molecule has 1 aromatic heterocycles. The van der Waals surface area contributed by atoms with Crippen LogP contribution in [0.25, 0.3) is 0 Å². The molecule has 96 valence electrons. The molecule has 1 aromatic carbocycles. The van der Waals surface area contributed by atoms with Crippen LogP contribution < -0.4 is 5.32 Å². The number of rotatable bonds is 6. The van der Waals surface area contributed by atoms with E-state index in [0.717, 1.165) is 19.6 Å². The molecule has 0 fully saturated rings. The maximum atomic E-state index is 3.51. The van der Waals surface area contributed by atoms with Gasteiger partial charge in [-0.2, -0.15) is 0 Å². The van der Waals surface area contributed by atoms with Crippen LogP contribution >= 0.6 is 11.3 Å². The summed E-state index contributed by atoms with van der Waals surface area (Å²) in [6, 6.07) is 12.9. The molecule has 0 radical (unpaired) electrons. The highest BCUT2D eigenvalue weighted by atomic mass is 32.1. The number of hydrogen-bond donors (Lipinski definition) is 1. The maximum Gasteiger partial charge on any atom is 0.0302 e. The third-order valence-electron chi connectivity index (χ3n) is 2.80. The Kier molecular flexibility index (Phi) is 4.93. The van der Waals surface area contributed by atoms with Gasteiger partial charge in [-0.25, -0.2) is 0 Å². The molecule has 0 amide bonds. The van der Waals surface area contributed by atoms with E-state index in [2.05, 4.69) is 66.1 Å². The lowest BCUT2D eigenvalue weighted by atomic mass is 10.1. The summed E-state index contributed by atoms with van der Waals surface area (Å²) < 4.78 is 0. The molecular weight excluding hydrogens is 240 g/mol. The van der Waals surface area contributed by atoms with E-state index in [-0.39, 0.29) is 0 Å². The molecule has 2 aromatic rings. The van der Waals surface area contributed by atoms with Crippen LogP contribution in [0.1, 0.15) is 16.0 Å². The third-order valence-corrected chi connectivity index (χ3v) is 3.68. The van der Waals surface area contributed by atoms with Crippen molar-refractivity contribution in [2.24, 2.45) is 0 Å². The van der Waals surface area contributed by atoms with Gasteiger partial charge < -0.3 is 10.2 Å². The highest BCUT2D eigenvalue weighted by Crippen LogP contribution is 2.12. The van der Waals surface area contributed by atoms with E-state index in [0.29, 0.717) is 0 Å². The highest BCUT2D eigenvalue weighted by Gasteiger charge is 2.02. The van der Waals surface area contributed by atoms with Crippen LogP contribution in [0.3, 0.4) is 0 Å². The zero-order valence-electron chi connectivity index (χ0n) is 11.0. The molecule has 0 aliphatic rings. The molecule has 2 nitrogen and oxygen atoms in total. The SMILES string of the molecule is CN(C)Cc1ccccc1CNCc1cccs1. The van der Waals surface area contributed by atoms with Gasteiger partial charge in [0.25, 0.3) is 0 Å². The number of benzene rings is 1. The quantitative estimate of drug-likeness (QED) is 0.858. The van der Waals surface area contributed by atoms with Crippen molar-refractivity contribution in [1.82, 2.24) is 10.2 Å². The Hall–Kier alpha value is -1.16. The van der Waals surface area contributed by atoms with Crippen LogP contribution in [-0.4, -0.2) is 19.0 Å². The van der Waals surface area contributed by atoms with E-state index in [9.17, 15) is 0 Å². The van der Waals surface area contributed by atoms with Crippen LogP contribution in [0.5, 0.6) is 0 Å². The van der Waals surface area contributed by atoms with E-state index in [1.807, 2.05) is 0 Å². The lowest BCUT2D eigenvalue weighted by molar-refractivity contribution is 0.400. The Morgan fingerprint density at radius 2 is 1.78 bits per heavy atom. The van der Waals surface area contributed by atoms with E-state index in [4.69, 9.17) is 0 Å². The molecule has 0 bridgehead atoms. The molecular formula is C15H20N2S. The zero-order valence-corrected chi connectivity index (χ0v) is 11.8. The van der Waals surface area contributed by atoms with Gasteiger partial charge in [0.1, 0.15) is 0 Å². The van der Waals surface area contributed by atoms with Gasteiger partial charge in [0.15, 0.2) is 0 Å². The lowest BCUT2D eigenvalue weighted by Crippen LogP contribution is -2.16. The van der Waals surface area contributed by atoms with Crippen molar-refractivity contribution < 1.29 is 0 Å². The normalized spacial score (nSPS) is 11.1. The Morgan fingerprint density at radius 1 is 1.00 bits per heavy atom. The van der Waals surface area contributed by atoms with Crippen molar-refractivity contribution in [3.63, 3.8) is 0 Å². The smallest absolute Gasteiger partial charge is 0.0302 e. The molecule has 0 saturated heterocycles. The van der Waals surface area contributed by atoms with Crippen LogP contribution in [0.15, 0.2) is 41.8 Å². The van der Waals surface area contributed by atoms with E-state index in [1.165, 1.54) is 16.0 Å². The van der Waals surface area contributed by atoms with E-state index >= 15 is 0 Å². The van der Waals surface area contributed by atoms with Gasteiger partial charge in [0.2, 0.25) is 0 Å². The summed E-state index contributed by atoms with van der Waals surface area (Å²) in [5, 5.41) is 5.63. The predicted molar refractivity (Wildman–Crippen MR) is 78.7 cm³/mol. The standard InChI is InChI=1S/C15H20N2S/c1-17(2)12-14-7-4-3-6-13(14)10-16-11-15-8-5-9-18-15/h3-9,16H,10-12H2,1-2H3. The molecule has 0 atom stereocenters. The summed E-state index contributed by atoms with van der Waals surface area (Å²) in [5.74, 6) is 0. The van der Waals surface area contributed by atoms with Crippen LogP contribution in [0.2, 0.25) is 0 Å². The fourth-order valence-electron chi connectivity index (χ4n) is 1.96. The molecule has 3 heteroatoms. The molecule has 1 N–H and O–H groups in total. The number of hydrogen-bond acceptors (Lipinski definition) is 3. The molecule has 0 aliphatic heterocycles. The van der Waals surface area contributed by atoms with Crippen molar-refractivity contribution in [2.45, 2.75) is 19.6 Å². The largest absolute Gasteiger partial charge is 0.308 e. The number of nitrogens with one attached hydrogen (secondary N) is 1. The fourth-order valence-corrected chi connectivity index (χ4v) is 2.63. The summed E-state index contributed by atoms with van der Waals surface area (Å²) in [7, 11) is 4.21. The van der Waals surface area contributed by atoms with Crippen molar-refractivity contribution >= 4 is 11.3 Å². The molecule has 1 heterocycles. The molecule has 0 saturated carbocycles. The molecule has 18 heavy (non-hydrogen) atoms. The van der Waals surface area contributed by atoms with Gasteiger partial charge in [-0.1, -0.05) is 30.3 Å².